The Morgan fingerprint density at radius 3 is 2.53 bits per heavy atom. The van der Waals surface area contributed by atoms with E-state index in [1.165, 1.54) is 11.8 Å². The molecule has 0 aliphatic heterocycles. The van der Waals surface area contributed by atoms with E-state index in [0.29, 0.717) is 5.75 Å². The zero-order valence-electron chi connectivity index (χ0n) is 9.13. The summed E-state index contributed by atoms with van der Waals surface area (Å²) in [6, 6.07) is 3.89. The third-order valence-corrected chi connectivity index (χ3v) is 2.36. The second-order valence-corrected chi connectivity index (χ2v) is 4.37. The van der Waals surface area contributed by atoms with E-state index in [1.54, 1.807) is 6.92 Å². The summed E-state index contributed by atoms with van der Waals surface area (Å²) in [5.41, 5.74) is 2.90. The van der Waals surface area contributed by atoms with Crippen LogP contribution in [0.25, 0.3) is 0 Å². The first-order valence-electron chi connectivity index (χ1n) is 4.65. The van der Waals surface area contributed by atoms with Crippen LogP contribution in [0.5, 0.6) is 0 Å². The molecular weight excluding hydrogens is 206 g/mol. The highest BCUT2D eigenvalue weighted by Crippen LogP contribution is 2.04. The maximum Gasteiger partial charge on any atom is 0.186 e. The van der Waals surface area contributed by atoms with Gasteiger partial charge in [0.05, 0.1) is 5.75 Å². The number of aromatic nitrogens is 1. The number of nitrogens with zero attached hydrogens (tertiary/aromatic N) is 1. The van der Waals surface area contributed by atoms with Crippen molar-refractivity contribution in [2.45, 2.75) is 20.8 Å². The molecular formula is C12H13NOS. The second-order valence-electron chi connectivity index (χ2n) is 3.22. The van der Waals surface area contributed by atoms with Crippen LogP contribution in [0.1, 0.15) is 23.9 Å². The van der Waals surface area contributed by atoms with Crippen molar-refractivity contribution < 1.29 is 4.79 Å². The summed E-state index contributed by atoms with van der Waals surface area (Å²) in [4.78, 5) is 14.9. The van der Waals surface area contributed by atoms with Crippen LogP contribution in [0.2, 0.25) is 0 Å². The third kappa shape index (κ3) is 4.66. The first kappa shape index (κ1) is 11.8. The van der Waals surface area contributed by atoms with Crippen molar-refractivity contribution in [3.8, 4) is 11.8 Å². The monoisotopic (exact) mass is 219 g/mol. The molecule has 0 radical (unpaired) electrons. The molecule has 15 heavy (non-hydrogen) atoms. The number of carbonyl (C=O) groups excluding carboxylic acids is 1. The minimum absolute atomic E-state index is 0.103. The fourth-order valence-electron chi connectivity index (χ4n) is 1.18. The van der Waals surface area contributed by atoms with Crippen LogP contribution in [0.4, 0.5) is 0 Å². The minimum atomic E-state index is 0.103. The number of carbonyl (C=O) groups is 1. The van der Waals surface area contributed by atoms with Gasteiger partial charge in [-0.3, -0.25) is 9.78 Å². The van der Waals surface area contributed by atoms with Crippen LogP contribution >= 0.6 is 11.8 Å². The van der Waals surface area contributed by atoms with Crippen molar-refractivity contribution in [3.63, 3.8) is 0 Å². The summed E-state index contributed by atoms with van der Waals surface area (Å²) in [6.45, 7) is 5.44. The maximum absolute atomic E-state index is 10.6. The van der Waals surface area contributed by atoms with E-state index in [1.807, 2.05) is 26.0 Å². The summed E-state index contributed by atoms with van der Waals surface area (Å²) < 4.78 is 0. The van der Waals surface area contributed by atoms with Crippen LogP contribution < -0.4 is 0 Å². The Balaban J connectivity index is 2.67. The molecule has 0 amide bonds. The molecule has 1 rings (SSSR count). The van der Waals surface area contributed by atoms with E-state index in [4.69, 9.17) is 0 Å². The summed E-state index contributed by atoms with van der Waals surface area (Å²) in [5.74, 6) is 6.52. The van der Waals surface area contributed by atoms with Crippen LogP contribution in [-0.2, 0) is 4.79 Å². The Labute approximate surface area is 94.5 Å². The number of aryl methyl sites for hydroxylation is 2. The molecule has 0 N–H and O–H groups in total. The Morgan fingerprint density at radius 1 is 1.40 bits per heavy atom. The second kappa shape index (κ2) is 5.57. The normalized spacial score (nSPS) is 9.27. The number of thioether (sulfide) groups is 1. The fraction of sp³-hybridized carbons (Fsp3) is 0.333. The van der Waals surface area contributed by atoms with Crippen molar-refractivity contribution in [2.24, 2.45) is 0 Å². The van der Waals surface area contributed by atoms with Crippen LogP contribution in [0.3, 0.4) is 0 Å². The number of hydrogen-bond acceptors (Lipinski definition) is 3. The van der Waals surface area contributed by atoms with Crippen LogP contribution in [0.15, 0.2) is 12.1 Å². The van der Waals surface area contributed by atoms with E-state index in [-0.39, 0.29) is 5.12 Å². The van der Waals surface area contributed by atoms with Gasteiger partial charge >= 0.3 is 0 Å². The van der Waals surface area contributed by atoms with Gasteiger partial charge in [0.2, 0.25) is 0 Å². The molecule has 78 valence electrons. The van der Waals surface area contributed by atoms with Gasteiger partial charge in [0.25, 0.3) is 0 Å². The van der Waals surface area contributed by atoms with Gasteiger partial charge in [-0.25, -0.2) is 0 Å². The van der Waals surface area contributed by atoms with Crippen molar-refractivity contribution in [1.82, 2.24) is 4.98 Å². The van der Waals surface area contributed by atoms with Gasteiger partial charge in [-0.15, -0.1) is 0 Å². The molecule has 2 nitrogen and oxygen atoms in total. The van der Waals surface area contributed by atoms with Crippen LogP contribution in [0, 0.1) is 25.7 Å². The highest BCUT2D eigenvalue weighted by molar-refractivity contribution is 8.13. The highest BCUT2D eigenvalue weighted by Gasteiger charge is 1.93. The predicted molar refractivity (Wildman–Crippen MR) is 63.7 cm³/mol. The SMILES string of the molecule is CC(=O)SCC#Cc1cc(C)nc(C)c1. The summed E-state index contributed by atoms with van der Waals surface area (Å²) >= 11 is 1.23. The zero-order chi connectivity index (χ0) is 11.3. The molecule has 0 saturated heterocycles. The maximum atomic E-state index is 10.6. The first-order chi connectivity index (χ1) is 7.08. The predicted octanol–water partition coefficient (Wildman–Crippen LogP) is 2.33. The highest BCUT2D eigenvalue weighted by atomic mass is 32.2. The van der Waals surface area contributed by atoms with Gasteiger partial charge in [-0.05, 0) is 26.0 Å². The lowest BCUT2D eigenvalue weighted by molar-refractivity contribution is -0.109. The Bertz CT molecular complexity index is 409. The Kier molecular flexibility index (Phi) is 4.38. The summed E-state index contributed by atoms with van der Waals surface area (Å²) in [6.07, 6.45) is 0. The quantitative estimate of drug-likeness (QED) is 0.679. The van der Waals surface area contributed by atoms with Gasteiger partial charge < -0.3 is 0 Å². The van der Waals surface area contributed by atoms with E-state index in [0.717, 1.165) is 17.0 Å². The molecule has 1 heterocycles. The van der Waals surface area contributed by atoms with Crippen molar-refractivity contribution in [1.29, 1.82) is 0 Å². The number of rotatable bonds is 1. The summed E-state index contributed by atoms with van der Waals surface area (Å²) in [7, 11) is 0. The minimum Gasteiger partial charge on any atom is -0.288 e. The molecule has 3 heteroatoms. The van der Waals surface area contributed by atoms with Crippen molar-refractivity contribution >= 4 is 16.9 Å². The largest absolute Gasteiger partial charge is 0.288 e. The first-order valence-corrected chi connectivity index (χ1v) is 5.64. The van der Waals surface area contributed by atoms with Crippen molar-refractivity contribution in [3.05, 3.63) is 29.1 Å². The standard InChI is InChI=1S/C12H13NOS/c1-9-7-12(8-10(2)13-9)5-4-6-15-11(3)14/h7-8H,6H2,1-3H3. The van der Waals surface area contributed by atoms with Gasteiger partial charge in [0, 0.05) is 23.9 Å². The molecule has 0 aliphatic rings. The Morgan fingerprint density at radius 2 is 2.00 bits per heavy atom. The van der Waals surface area contributed by atoms with Gasteiger partial charge in [-0.1, -0.05) is 23.6 Å². The fourth-order valence-corrected chi connectivity index (χ4v) is 1.53. The van der Waals surface area contributed by atoms with Gasteiger partial charge in [0.15, 0.2) is 5.12 Å². The third-order valence-electron chi connectivity index (χ3n) is 1.66. The lowest BCUT2D eigenvalue weighted by Gasteiger charge is -1.96. The van der Waals surface area contributed by atoms with Crippen molar-refractivity contribution in [2.75, 3.05) is 5.75 Å². The topological polar surface area (TPSA) is 30.0 Å². The molecule has 0 spiro atoms. The molecule has 0 bridgehead atoms. The summed E-state index contributed by atoms with van der Waals surface area (Å²) in [5, 5.41) is 0.103. The van der Waals surface area contributed by atoms with E-state index in [2.05, 4.69) is 16.8 Å². The van der Waals surface area contributed by atoms with Gasteiger partial charge in [0.1, 0.15) is 0 Å². The Hall–Kier alpha value is -1.27. The molecule has 0 fully saturated rings. The number of hydrogen-bond donors (Lipinski definition) is 0. The van der Waals surface area contributed by atoms with E-state index in [9.17, 15) is 4.79 Å². The average molecular weight is 219 g/mol. The lowest BCUT2D eigenvalue weighted by atomic mass is 10.2. The van der Waals surface area contributed by atoms with E-state index < -0.39 is 0 Å². The number of pyridine rings is 1. The molecule has 0 aliphatic carbocycles. The molecule has 0 atom stereocenters. The van der Waals surface area contributed by atoms with E-state index >= 15 is 0 Å². The van der Waals surface area contributed by atoms with Gasteiger partial charge in [-0.2, -0.15) is 0 Å². The molecule has 0 aromatic carbocycles. The molecule has 1 aromatic rings. The zero-order valence-corrected chi connectivity index (χ0v) is 9.94. The van der Waals surface area contributed by atoms with Crippen LogP contribution in [-0.4, -0.2) is 15.9 Å². The molecule has 0 unspecified atom stereocenters. The molecule has 0 saturated carbocycles. The average Bonchev–Trinajstić information content (AvgIpc) is 2.10. The molecule has 1 aromatic heterocycles. The lowest BCUT2D eigenvalue weighted by Crippen LogP contribution is -1.88. The smallest absolute Gasteiger partial charge is 0.186 e.